The molecular weight excluding hydrogens is 354 g/mol. The van der Waals surface area contributed by atoms with Gasteiger partial charge in [0.2, 0.25) is 0 Å². The first kappa shape index (κ1) is 21.8. The van der Waals surface area contributed by atoms with Gasteiger partial charge in [0, 0.05) is 37.2 Å². The molecule has 1 heterocycles. The summed E-state index contributed by atoms with van der Waals surface area (Å²) in [6, 6.07) is 9.19. The van der Waals surface area contributed by atoms with Gasteiger partial charge in [0.25, 0.3) is 0 Å². The van der Waals surface area contributed by atoms with Crippen LogP contribution < -0.4 is 5.73 Å². The lowest BCUT2D eigenvalue weighted by atomic mass is 9.87. The Morgan fingerprint density at radius 3 is 2.68 bits per heavy atom. The number of nitrogens with zero attached hydrogens (tertiary/aromatic N) is 1. The molecule has 152 valence electrons. The number of ether oxygens (including phenoxy) is 1. The van der Waals surface area contributed by atoms with Crippen LogP contribution in [-0.4, -0.2) is 27.8 Å². The summed E-state index contributed by atoms with van der Waals surface area (Å²) in [5.74, 6) is 0.0281. The third kappa shape index (κ3) is 7.64. The Balaban J connectivity index is 1.87. The third-order valence-corrected chi connectivity index (χ3v) is 4.84. The number of Topliss-reactive ketones (excluding diaryl/α,β-unsaturated/α-hetero) is 1. The van der Waals surface area contributed by atoms with Crippen LogP contribution in [0.2, 0.25) is 0 Å². The Labute approximate surface area is 166 Å². The maximum absolute atomic E-state index is 12.8. The van der Waals surface area contributed by atoms with E-state index < -0.39 is 5.92 Å². The van der Waals surface area contributed by atoms with Crippen molar-refractivity contribution in [2.45, 2.75) is 64.5 Å². The maximum atomic E-state index is 12.8. The number of benzene rings is 1. The lowest BCUT2D eigenvalue weighted by Gasteiger charge is -2.22. The highest BCUT2D eigenvalue weighted by atomic mass is 16.5. The van der Waals surface area contributed by atoms with E-state index in [2.05, 4.69) is 16.9 Å². The monoisotopic (exact) mass is 385 g/mol. The molecule has 3 N–H and O–H groups in total. The van der Waals surface area contributed by atoms with Crippen molar-refractivity contribution in [2.75, 3.05) is 0 Å². The van der Waals surface area contributed by atoms with Crippen LogP contribution in [0, 0.1) is 5.92 Å². The first-order chi connectivity index (χ1) is 13.6. The van der Waals surface area contributed by atoms with E-state index in [4.69, 9.17) is 10.5 Å². The van der Waals surface area contributed by atoms with Crippen LogP contribution in [-0.2, 0) is 27.4 Å². The zero-order valence-corrected chi connectivity index (χ0v) is 16.6. The fourth-order valence-electron chi connectivity index (χ4n) is 3.17. The van der Waals surface area contributed by atoms with Crippen molar-refractivity contribution in [3.05, 3.63) is 54.1 Å². The summed E-state index contributed by atoms with van der Waals surface area (Å²) >= 11 is 0. The average Bonchev–Trinajstić information content (AvgIpc) is 3.22. The molecule has 2 rings (SSSR count). The smallest absolute Gasteiger partial charge is 0.306 e. The molecule has 6 nitrogen and oxygen atoms in total. The highest BCUT2D eigenvalue weighted by Crippen LogP contribution is 2.19. The summed E-state index contributed by atoms with van der Waals surface area (Å²) in [7, 11) is 0. The highest BCUT2D eigenvalue weighted by molar-refractivity contribution is 5.86. The van der Waals surface area contributed by atoms with Crippen molar-refractivity contribution in [3.8, 4) is 0 Å². The fourth-order valence-corrected chi connectivity index (χ4v) is 3.17. The number of H-pyrrole nitrogens is 1. The van der Waals surface area contributed by atoms with E-state index >= 15 is 0 Å². The number of carbonyl (C=O) groups is 2. The van der Waals surface area contributed by atoms with Gasteiger partial charge in [-0.25, -0.2) is 4.98 Å². The van der Waals surface area contributed by atoms with Crippen LogP contribution in [0.1, 0.15) is 56.8 Å². The van der Waals surface area contributed by atoms with E-state index in [1.807, 2.05) is 30.3 Å². The summed E-state index contributed by atoms with van der Waals surface area (Å²) in [6.45, 7) is 2.30. The second kappa shape index (κ2) is 12.1. The number of aryl methyl sites for hydroxylation is 1. The van der Waals surface area contributed by atoms with Crippen LogP contribution >= 0.6 is 0 Å². The zero-order valence-electron chi connectivity index (χ0n) is 16.6. The van der Waals surface area contributed by atoms with E-state index in [9.17, 15) is 9.59 Å². The number of ketones is 1. The molecule has 0 bridgehead atoms. The van der Waals surface area contributed by atoms with Gasteiger partial charge >= 0.3 is 5.97 Å². The van der Waals surface area contributed by atoms with Gasteiger partial charge in [0.1, 0.15) is 18.2 Å². The quantitative estimate of drug-likeness (QED) is 0.514. The molecule has 2 unspecified atom stereocenters. The van der Waals surface area contributed by atoms with Crippen molar-refractivity contribution < 1.29 is 14.3 Å². The summed E-state index contributed by atoms with van der Waals surface area (Å²) in [4.78, 5) is 32.3. The number of hydrogen-bond acceptors (Lipinski definition) is 5. The SMILES string of the molecule is CCCCC(N)C(CC(=O)OCc1ccccc1)C(=O)CCCc1ncc[nH]1. The summed E-state index contributed by atoms with van der Waals surface area (Å²) in [5, 5.41) is 0. The minimum absolute atomic E-state index is 0.0341. The molecule has 0 aliphatic heterocycles. The summed E-state index contributed by atoms with van der Waals surface area (Å²) in [6.07, 6.45) is 7.96. The fraction of sp³-hybridized carbons (Fsp3) is 0.500. The maximum Gasteiger partial charge on any atom is 0.306 e. The number of rotatable bonds is 13. The molecule has 0 spiro atoms. The molecule has 6 heteroatoms. The molecular formula is C22H31N3O3. The van der Waals surface area contributed by atoms with Crippen molar-refractivity contribution in [3.63, 3.8) is 0 Å². The predicted octanol–water partition coefficient (Wildman–Crippen LogP) is 3.57. The number of carbonyl (C=O) groups excluding carboxylic acids is 2. The number of nitrogens with one attached hydrogen (secondary N) is 1. The standard InChI is InChI=1S/C22H31N3O3/c1-2-3-10-19(23)18(20(26)11-7-12-21-24-13-14-25-21)15-22(27)28-16-17-8-5-4-6-9-17/h4-6,8-9,13-14,18-19H,2-3,7,10-12,15-16,23H2,1H3,(H,24,25). The zero-order chi connectivity index (χ0) is 20.2. The number of esters is 1. The molecule has 0 aliphatic rings. The van der Waals surface area contributed by atoms with Crippen LogP contribution in [0.15, 0.2) is 42.7 Å². The minimum Gasteiger partial charge on any atom is -0.461 e. The number of aromatic nitrogens is 2. The normalized spacial score (nSPS) is 13.1. The van der Waals surface area contributed by atoms with Gasteiger partial charge in [0.05, 0.1) is 6.42 Å². The Bertz CT molecular complexity index is 701. The van der Waals surface area contributed by atoms with Crippen LogP contribution in [0.3, 0.4) is 0 Å². The number of nitrogens with two attached hydrogens (primary N) is 1. The molecule has 1 aromatic heterocycles. The van der Waals surface area contributed by atoms with Crippen molar-refractivity contribution >= 4 is 11.8 Å². The highest BCUT2D eigenvalue weighted by Gasteiger charge is 2.28. The molecule has 28 heavy (non-hydrogen) atoms. The van der Waals surface area contributed by atoms with Crippen molar-refractivity contribution in [1.29, 1.82) is 0 Å². The number of imidazole rings is 1. The molecule has 0 amide bonds. The second-order valence-corrected chi connectivity index (χ2v) is 7.12. The van der Waals surface area contributed by atoms with Crippen LogP contribution in [0.4, 0.5) is 0 Å². The van der Waals surface area contributed by atoms with E-state index in [0.29, 0.717) is 19.3 Å². The Kier molecular flexibility index (Phi) is 9.42. The van der Waals surface area contributed by atoms with Gasteiger partial charge < -0.3 is 15.5 Å². The van der Waals surface area contributed by atoms with Gasteiger partial charge in [-0.1, -0.05) is 50.1 Å². The lowest BCUT2D eigenvalue weighted by molar-refractivity contribution is -0.148. The molecule has 0 saturated carbocycles. The van der Waals surface area contributed by atoms with Crippen LogP contribution in [0.5, 0.6) is 0 Å². The molecule has 0 aliphatic carbocycles. The van der Waals surface area contributed by atoms with Gasteiger partial charge in [-0.05, 0) is 18.4 Å². The Morgan fingerprint density at radius 1 is 1.21 bits per heavy atom. The lowest BCUT2D eigenvalue weighted by Crippen LogP contribution is -2.37. The van der Waals surface area contributed by atoms with Crippen LogP contribution in [0.25, 0.3) is 0 Å². The minimum atomic E-state index is -0.494. The predicted molar refractivity (Wildman–Crippen MR) is 108 cm³/mol. The summed E-state index contributed by atoms with van der Waals surface area (Å²) < 4.78 is 5.37. The Morgan fingerprint density at radius 2 is 2.00 bits per heavy atom. The van der Waals surface area contributed by atoms with Crippen molar-refractivity contribution in [2.24, 2.45) is 11.7 Å². The van der Waals surface area contributed by atoms with Gasteiger partial charge in [-0.3, -0.25) is 9.59 Å². The van der Waals surface area contributed by atoms with Gasteiger partial charge in [-0.15, -0.1) is 0 Å². The molecule has 2 aromatic rings. The molecule has 2 atom stereocenters. The topological polar surface area (TPSA) is 98.1 Å². The van der Waals surface area contributed by atoms with E-state index in [0.717, 1.165) is 30.7 Å². The summed E-state index contributed by atoms with van der Waals surface area (Å²) in [5.41, 5.74) is 7.20. The number of unbranched alkanes of at least 4 members (excludes halogenated alkanes) is 1. The first-order valence-corrected chi connectivity index (χ1v) is 10.1. The molecule has 0 radical (unpaired) electrons. The van der Waals surface area contributed by atoms with Gasteiger partial charge in [-0.2, -0.15) is 0 Å². The third-order valence-electron chi connectivity index (χ3n) is 4.84. The first-order valence-electron chi connectivity index (χ1n) is 10.1. The molecule has 1 aromatic carbocycles. The average molecular weight is 386 g/mol. The number of aromatic amines is 1. The van der Waals surface area contributed by atoms with Crippen molar-refractivity contribution in [1.82, 2.24) is 9.97 Å². The molecule has 0 saturated heterocycles. The van der Waals surface area contributed by atoms with E-state index in [1.54, 1.807) is 12.4 Å². The second-order valence-electron chi connectivity index (χ2n) is 7.12. The number of hydrogen-bond donors (Lipinski definition) is 2. The van der Waals surface area contributed by atoms with E-state index in [1.165, 1.54) is 0 Å². The van der Waals surface area contributed by atoms with Gasteiger partial charge in [0.15, 0.2) is 0 Å². The van der Waals surface area contributed by atoms with E-state index in [-0.39, 0.29) is 30.8 Å². The Hall–Kier alpha value is -2.47. The largest absolute Gasteiger partial charge is 0.461 e. The molecule has 0 fully saturated rings.